The number of hydrogen-bond acceptors (Lipinski definition) is 1. The number of allylic oxidation sites excluding steroid dienone is 9. The summed E-state index contributed by atoms with van der Waals surface area (Å²) in [5.41, 5.74) is 0. The van der Waals surface area contributed by atoms with Gasteiger partial charge in [0.25, 0.3) is 0 Å². The van der Waals surface area contributed by atoms with E-state index in [1.54, 1.807) is 6.08 Å². The second-order valence-corrected chi connectivity index (χ2v) is 3.00. The minimum Gasteiger partial charge on any atom is -0.457 e. The van der Waals surface area contributed by atoms with Gasteiger partial charge in [0.2, 0.25) is 0 Å². The fourth-order valence-electron chi connectivity index (χ4n) is 1.02. The minimum absolute atomic E-state index is 0.770. The molecule has 0 radical (unpaired) electrons. The zero-order valence-corrected chi connectivity index (χ0v) is 10.3. The van der Waals surface area contributed by atoms with E-state index < -0.39 is 0 Å². The van der Waals surface area contributed by atoms with Crippen molar-refractivity contribution in [1.29, 1.82) is 0 Å². The normalized spacial score (nSPS) is 14.2. The Hall–Kier alpha value is -1.76. The van der Waals surface area contributed by atoms with Crippen molar-refractivity contribution in [2.24, 2.45) is 0 Å². The third-order valence-electron chi connectivity index (χ3n) is 1.63. The van der Waals surface area contributed by atoms with Crippen molar-refractivity contribution in [3.05, 3.63) is 72.8 Å². The van der Waals surface area contributed by atoms with E-state index in [2.05, 4.69) is 6.58 Å². The van der Waals surface area contributed by atoms with E-state index in [-0.39, 0.29) is 0 Å². The standard InChI is InChI=1S/C15H20O/c1-5-9-13-15(12-8-4)16-14(10-6-2)11-7-3/h5-13H,2H2,1,3-4H3/b9-5-,11-7-,12-8-,14-10+,15-13+. The van der Waals surface area contributed by atoms with Gasteiger partial charge in [-0.1, -0.05) is 37.0 Å². The van der Waals surface area contributed by atoms with Crippen molar-refractivity contribution < 1.29 is 4.74 Å². The van der Waals surface area contributed by atoms with Crippen LogP contribution in [0.2, 0.25) is 0 Å². The van der Waals surface area contributed by atoms with Gasteiger partial charge < -0.3 is 4.74 Å². The van der Waals surface area contributed by atoms with Crippen molar-refractivity contribution in [3.63, 3.8) is 0 Å². The minimum atomic E-state index is 0.770. The van der Waals surface area contributed by atoms with Crippen LogP contribution in [0.3, 0.4) is 0 Å². The van der Waals surface area contributed by atoms with E-state index in [4.69, 9.17) is 4.74 Å². The summed E-state index contributed by atoms with van der Waals surface area (Å²) in [6.45, 7) is 9.53. The highest BCUT2D eigenvalue weighted by atomic mass is 16.5. The molecule has 0 aromatic rings. The quantitative estimate of drug-likeness (QED) is 0.462. The van der Waals surface area contributed by atoms with Crippen LogP contribution in [0.15, 0.2) is 72.8 Å². The Kier molecular flexibility index (Phi) is 8.71. The summed E-state index contributed by atoms with van der Waals surface area (Å²) in [5.74, 6) is 1.57. The first-order valence-electron chi connectivity index (χ1n) is 5.37. The molecule has 0 aromatic heterocycles. The molecule has 0 rings (SSSR count). The highest BCUT2D eigenvalue weighted by Crippen LogP contribution is 2.10. The van der Waals surface area contributed by atoms with Gasteiger partial charge >= 0.3 is 0 Å². The molecule has 0 aliphatic carbocycles. The number of rotatable bonds is 6. The maximum atomic E-state index is 5.70. The van der Waals surface area contributed by atoms with E-state index in [1.807, 2.05) is 69.4 Å². The molecule has 0 atom stereocenters. The maximum absolute atomic E-state index is 5.70. The molecule has 1 heteroatoms. The Morgan fingerprint density at radius 2 is 1.44 bits per heavy atom. The van der Waals surface area contributed by atoms with Crippen molar-refractivity contribution in [2.75, 3.05) is 0 Å². The molecule has 0 bridgehead atoms. The average Bonchev–Trinajstić information content (AvgIpc) is 2.27. The second kappa shape index (κ2) is 9.78. The van der Waals surface area contributed by atoms with Crippen LogP contribution in [0.25, 0.3) is 0 Å². The summed E-state index contributed by atoms with van der Waals surface area (Å²) in [6, 6.07) is 0. The molecule has 0 saturated carbocycles. The van der Waals surface area contributed by atoms with Crippen LogP contribution in [0.5, 0.6) is 0 Å². The molecular weight excluding hydrogens is 196 g/mol. The Labute approximate surface area is 98.8 Å². The first-order chi connectivity index (χ1) is 7.78. The van der Waals surface area contributed by atoms with Gasteiger partial charge in [0.05, 0.1) is 0 Å². The fraction of sp³-hybridized carbons (Fsp3) is 0.200. The molecule has 0 aromatic carbocycles. The van der Waals surface area contributed by atoms with E-state index >= 15 is 0 Å². The van der Waals surface area contributed by atoms with Crippen molar-refractivity contribution >= 4 is 0 Å². The van der Waals surface area contributed by atoms with Gasteiger partial charge in [0.1, 0.15) is 11.5 Å². The largest absolute Gasteiger partial charge is 0.457 e. The van der Waals surface area contributed by atoms with Gasteiger partial charge in [-0.25, -0.2) is 0 Å². The lowest BCUT2D eigenvalue weighted by atomic mass is 10.3. The molecular formula is C15H20O. The molecule has 0 N–H and O–H groups in total. The predicted octanol–water partition coefficient (Wildman–Crippen LogP) is 4.69. The van der Waals surface area contributed by atoms with Gasteiger partial charge in [0.15, 0.2) is 0 Å². The van der Waals surface area contributed by atoms with Gasteiger partial charge in [-0.3, -0.25) is 0 Å². The third-order valence-corrected chi connectivity index (χ3v) is 1.63. The number of hydrogen-bond donors (Lipinski definition) is 0. The second-order valence-electron chi connectivity index (χ2n) is 3.00. The van der Waals surface area contributed by atoms with E-state index in [1.165, 1.54) is 0 Å². The molecule has 0 amide bonds. The average molecular weight is 216 g/mol. The van der Waals surface area contributed by atoms with Crippen LogP contribution >= 0.6 is 0 Å². The van der Waals surface area contributed by atoms with Gasteiger partial charge in [-0.2, -0.15) is 0 Å². The van der Waals surface area contributed by atoms with Gasteiger partial charge in [0, 0.05) is 0 Å². The first kappa shape index (κ1) is 14.2. The molecule has 0 fully saturated rings. The Balaban J connectivity index is 4.84. The molecule has 0 unspecified atom stereocenters. The van der Waals surface area contributed by atoms with Gasteiger partial charge in [-0.15, -0.1) is 0 Å². The summed E-state index contributed by atoms with van der Waals surface area (Å²) in [5, 5.41) is 0. The Morgan fingerprint density at radius 1 is 0.875 bits per heavy atom. The molecule has 0 heterocycles. The summed E-state index contributed by atoms with van der Waals surface area (Å²) in [7, 11) is 0. The lowest BCUT2D eigenvalue weighted by molar-refractivity contribution is 0.336. The van der Waals surface area contributed by atoms with E-state index in [9.17, 15) is 0 Å². The van der Waals surface area contributed by atoms with Crippen molar-refractivity contribution in [3.8, 4) is 0 Å². The summed E-state index contributed by atoms with van der Waals surface area (Å²) in [4.78, 5) is 0. The molecule has 86 valence electrons. The summed E-state index contributed by atoms with van der Waals surface area (Å²) in [6.07, 6.45) is 17.0. The molecule has 0 aliphatic heterocycles. The summed E-state index contributed by atoms with van der Waals surface area (Å²) >= 11 is 0. The van der Waals surface area contributed by atoms with Crippen LogP contribution in [0.1, 0.15) is 20.8 Å². The predicted molar refractivity (Wildman–Crippen MR) is 71.9 cm³/mol. The molecule has 16 heavy (non-hydrogen) atoms. The van der Waals surface area contributed by atoms with E-state index in [0.717, 1.165) is 11.5 Å². The highest BCUT2D eigenvalue weighted by Gasteiger charge is 1.95. The molecule has 0 saturated heterocycles. The highest BCUT2D eigenvalue weighted by molar-refractivity contribution is 5.24. The lowest BCUT2D eigenvalue weighted by Gasteiger charge is -2.06. The Bertz CT molecular complexity index is 338. The van der Waals surface area contributed by atoms with Crippen LogP contribution in [0, 0.1) is 0 Å². The lowest BCUT2D eigenvalue weighted by Crippen LogP contribution is -1.88. The maximum Gasteiger partial charge on any atom is 0.127 e. The van der Waals surface area contributed by atoms with Crippen molar-refractivity contribution in [2.45, 2.75) is 20.8 Å². The van der Waals surface area contributed by atoms with Crippen LogP contribution in [0.4, 0.5) is 0 Å². The summed E-state index contributed by atoms with van der Waals surface area (Å²) < 4.78 is 5.70. The van der Waals surface area contributed by atoms with Crippen molar-refractivity contribution in [1.82, 2.24) is 0 Å². The van der Waals surface area contributed by atoms with Gasteiger partial charge in [-0.05, 0) is 45.1 Å². The molecule has 0 spiro atoms. The molecule has 0 aliphatic rings. The number of ether oxygens (including phenoxy) is 1. The molecule has 1 nitrogen and oxygen atoms in total. The first-order valence-corrected chi connectivity index (χ1v) is 5.37. The van der Waals surface area contributed by atoms with Crippen LogP contribution < -0.4 is 0 Å². The smallest absolute Gasteiger partial charge is 0.127 e. The SMILES string of the molecule is C=C/C=C(\C=C/C)OC(/C=C\C)=C/C=C\C. The topological polar surface area (TPSA) is 9.23 Å². The third kappa shape index (κ3) is 6.66. The zero-order valence-electron chi connectivity index (χ0n) is 10.3. The van der Waals surface area contributed by atoms with Crippen LogP contribution in [-0.2, 0) is 4.74 Å². The van der Waals surface area contributed by atoms with E-state index in [0.29, 0.717) is 0 Å². The zero-order chi connectivity index (χ0) is 12.2. The Morgan fingerprint density at radius 3 is 1.88 bits per heavy atom. The fourth-order valence-corrected chi connectivity index (χ4v) is 1.02. The monoisotopic (exact) mass is 216 g/mol. The van der Waals surface area contributed by atoms with Crippen LogP contribution in [-0.4, -0.2) is 0 Å².